The third kappa shape index (κ3) is 5.60. The molecule has 1 aliphatic rings. The van der Waals surface area contributed by atoms with Crippen LogP contribution in [0.1, 0.15) is 43.0 Å². The van der Waals surface area contributed by atoms with Gasteiger partial charge >= 0.3 is 5.97 Å². The van der Waals surface area contributed by atoms with E-state index in [9.17, 15) is 9.59 Å². The molecular weight excluding hydrogens is 532 g/mol. The predicted molar refractivity (Wildman–Crippen MR) is 155 cm³/mol. The molecule has 5 rings (SSSR count). The number of halogens is 1. The van der Waals surface area contributed by atoms with Crippen molar-refractivity contribution in [2.75, 3.05) is 13.2 Å². The van der Waals surface area contributed by atoms with E-state index in [1.165, 1.54) is 11.3 Å². The first-order valence-electron chi connectivity index (χ1n) is 12.8. The summed E-state index contributed by atoms with van der Waals surface area (Å²) < 4.78 is 13.3. The fourth-order valence-corrected chi connectivity index (χ4v) is 5.56. The number of carbonyl (C=O) groups excluding carboxylic acids is 1. The summed E-state index contributed by atoms with van der Waals surface area (Å²) in [6, 6.07) is 23.5. The molecule has 2 heterocycles. The average Bonchev–Trinajstić information content (AvgIpc) is 3.27. The molecule has 0 unspecified atom stereocenters. The molecule has 1 aromatic heterocycles. The zero-order valence-electron chi connectivity index (χ0n) is 21.6. The first-order chi connectivity index (χ1) is 19.0. The minimum Gasteiger partial charge on any atom is -0.494 e. The number of esters is 1. The molecule has 3 aromatic carbocycles. The lowest BCUT2D eigenvalue weighted by atomic mass is 9.93. The van der Waals surface area contributed by atoms with E-state index in [0.717, 1.165) is 28.9 Å². The summed E-state index contributed by atoms with van der Waals surface area (Å²) in [4.78, 5) is 32.7. The lowest BCUT2D eigenvalue weighted by Gasteiger charge is -2.25. The summed E-state index contributed by atoms with van der Waals surface area (Å²) in [7, 11) is 0. The number of thiazole rings is 1. The van der Waals surface area contributed by atoms with Crippen molar-refractivity contribution in [1.29, 1.82) is 0 Å². The van der Waals surface area contributed by atoms with Crippen molar-refractivity contribution in [2.24, 2.45) is 4.99 Å². The Bertz CT molecular complexity index is 1690. The van der Waals surface area contributed by atoms with Crippen LogP contribution in [-0.4, -0.2) is 23.8 Å². The summed E-state index contributed by atoms with van der Waals surface area (Å²) in [5, 5.41) is 0.558. The summed E-state index contributed by atoms with van der Waals surface area (Å²) in [5.74, 6) is 0.266. The van der Waals surface area contributed by atoms with Gasteiger partial charge in [-0.25, -0.2) is 9.79 Å². The highest BCUT2D eigenvalue weighted by atomic mass is 35.5. The lowest BCUT2D eigenvalue weighted by molar-refractivity contribution is -0.138. The Labute approximate surface area is 235 Å². The van der Waals surface area contributed by atoms with Crippen molar-refractivity contribution in [2.45, 2.75) is 26.3 Å². The average molecular weight is 559 g/mol. The molecule has 8 heteroatoms. The molecular formula is C31H27ClN2O4S. The van der Waals surface area contributed by atoms with Gasteiger partial charge in [0.1, 0.15) is 5.75 Å². The van der Waals surface area contributed by atoms with Gasteiger partial charge in [0.15, 0.2) is 4.80 Å². The molecule has 0 N–H and O–H groups in total. The molecule has 0 aliphatic carbocycles. The zero-order valence-corrected chi connectivity index (χ0v) is 23.2. The van der Waals surface area contributed by atoms with Crippen LogP contribution in [0.25, 0.3) is 11.8 Å². The van der Waals surface area contributed by atoms with Gasteiger partial charge in [0.05, 0.1) is 35.1 Å². The van der Waals surface area contributed by atoms with Gasteiger partial charge in [-0.05, 0) is 54.8 Å². The van der Waals surface area contributed by atoms with E-state index >= 15 is 0 Å². The fraction of sp³-hybridized carbons (Fsp3) is 0.194. The van der Waals surface area contributed by atoms with Crippen LogP contribution in [0.3, 0.4) is 0 Å². The minimum atomic E-state index is -0.736. The molecule has 0 fully saturated rings. The second kappa shape index (κ2) is 11.8. The summed E-state index contributed by atoms with van der Waals surface area (Å²) in [6.45, 7) is 4.66. The smallest absolute Gasteiger partial charge is 0.338 e. The molecule has 0 saturated heterocycles. The fourth-order valence-electron chi connectivity index (χ4n) is 4.43. The van der Waals surface area contributed by atoms with Crippen LogP contribution in [0.4, 0.5) is 0 Å². The molecule has 1 atom stereocenters. The van der Waals surface area contributed by atoms with E-state index in [4.69, 9.17) is 26.1 Å². The number of carbonyl (C=O) groups is 1. The number of ether oxygens (including phenoxy) is 2. The Morgan fingerprint density at radius 1 is 1.03 bits per heavy atom. The Balaban J connectivity index is 1.73. The highest BCUT2D eigenvalue weighted by molar-refractivity contribution is 7.07. The number of benzene rings is 3. The van der Waals surface area contributed by atoms with Gasteiger partial charge in [0.25, 0.3) is 5.56 Å². The number of aromatic nitrogens is 1. The molecule has 1 aliphatic heterocycles. The molecule has 0 radical (unpaired) electrons. The molecule has 4 aromatic rings. The van der Waals surface area contributed by atoms with Crippen LogP contribution < -0.4 is 19.6 Å². The lowest BCUT2D eigenvalue weighted by Crippen LogP contribution is -2.40. The minimum absolute atomic E-state index is 0.195. The van der Waals surface area contributed by atoms with Crippen molar-refractivity contribution >= 4 is 40.7 Å². The Kier molecular flexibility index (Phi) is 8.10. The predicted octanol–water partition coefficient (Wildman–Crippen LogP) is 5.38. The van der Waals surface area contributed by atoms with Gasteiger partial charge < -0.3 is 9.47 Å². The molecule has 0 bridgehead atoms. The molecule has 0 saturated carbocycles. The van der Waals surface area contributed by atoms with E-state index < -0.39 is 12.0 Å². The second-order valence-electron chi connectivity index (χ2n) is 8.90. The SMILES string of the molecule is CCCOc1ccc(/C=c2\sc3n(c2=O)[C@@H](c2ccc(Cl)cc2)C(C(=O)OCC)=C(c2ccccc2)N=3)cc1. The first kappa shape index (κ1) is 26.7. The standard InChI is InChI=1S/C31H27ClN2O4S/c1-3-18-38-24-16-10-20(11-17-24)19-25-29(35)34-28(22-12-14-23(32)15-13-22)26(30(36)37-4-2)27(33-31(34)39-25)21-8-6-5-7-9-21/h5-17,19,28H,3-4,18H2,1-2H3/b25-19-/t28-/m0/s1. The molecule has 198 valence electrons. The first-order valence-corrected chi connectivity index (χ1v) is 14.0. The van der Waals surface area contributed by atoms with E-state index in [-0.39, 0.29) is 12.2 Å². The van der Waals surface area contributed by atoms with Crippen LogP contribution in [0.5, 0.6) is 5.75 Å². The van der Waals surface area contributed by atoms with Crippen LogP contribution in [-0.2, 0) is 9.53 Å². The maximum atomic E-state index is 13.9. The normalized spacial score (nSPS) is 15.1. The van der Waals surface area contributed by atoms with Crippen LogP contribution in [0, 0.1) is 0 Å². The van der Waals surface area contributed by atoms with Gasteiger partial charge in [0, 0.05) is 10.6 Å². The van der Waals surface area contributed by atoms with Crippen molar-refractivity contribution in [3.05, 3.63) is 126 Å². The van der Waals surface area contributed by atoms with Crippen LogP contribution in [0.15, 0.2) is 94.2 Å². The maximum absolute atomic E-state index is 13.9. The topological polar surface area (TPSA) is 69.9 Å². The maximum Gasteiger partial charge on any atom is 0.338 e. The highest BCUT2D eigenvalue weighted by Gasteiger charge is 2.35. The van der Waals surface area contributed by atoms with Gasteiger partial charge in [-0.1, -0.05) is 84.5 Å². The third-order valence-corrected chi connectivity index (χ3v) is 7.45. The quantitative estimate of drug-likeness (QED) is 0.272. The molecule has 6 nitrogen and oxygen atoms in total. The van der Waals surface area contributed by atoms with Crippen molar-refractivity contribution in [3.63, 3.8) is 0 Å². The third-order valence-electron chi connectivity index (χ3n) is 6.21. The van der Waals surface area contributed by atoms with Crippen molar-refractivity contribution in [3.8, 4) is 5.75 Å². The van der Waals surface area contributed by atoms with Gasteiger partial charge in [0.2, 0.25) is 0 Å². The van der Waals surface area contributed by atoms with Crippen molar-refractivity contribution < 1.29 is 14.3 Å². The summed E-state index contributed by atoms with van der Waals surface area (Å²) in [6.07, 6.45) is 2.76. The Morgan fingerprint density at radius 2 is 1.74 bits per heavy atom. The van der Waals surface area contributed by atoms with Crippen LogP contribution in [0.2, 0.25) is 5.02 Å². The van der Waals surface area contributed by atoms with E-state index in [0.29, 0.717) is 32.2 Å². The van der Waals surface area contributed by atoms with E-state index in [2.05, 4.69) is 6.92 Å². The highest BCUT2D eigenvalue weighted by Crippen LogP contribution is 2.35. The van der Waals surface area contributed by atoms with Crippen LogP contribution >= 0.6 is 22.9 Å². The Hall–Kier alpha value is -3.94. The zero-order chi connectivity index (χ0) is 27.4. The monoisotopic (exact) mass is 558 g/mol. The number of hydrogen-bond donors (Lipinski definition) is 0. The largest absolute Gasteiger partial charge is 0.494 e. The van der Waals surface area contributed by atoms with E-state index in [1.54, 1.807) is 23.6 Å². The summed E-state index contributed by atoms with van der Waals surface area (Å²) in [5.41, 5.74) is 2.91. The molecule has 0 spiro atoms. The van der Waals surface area contributed by atoms with Crippen molar-refractivity contribution in [1.82, 2.24) is 4.57 Å². The molecule has 0 amide bonds. The number of fused-ring (bicyclic) bond motifs is 1. The molecule has 39 heavy (non-hydrogen) atoms. The van der Waals surface area contributed by atoms with Gasteiger partial charge in [-0.3, -0.25) is 9.36 Å². The van der Waals surface area contributed by atoms with Gasteiger partial charge in [-0.2, -0.15) is 0 Å². The Morgan fingerprint density at radius 3 is 2.41 bits per heavy atom. The summed E-state index contributed by atoms with van der Waals surface area (Å²) >= 11 is 7.47. The second-order valence-corrected chi connectivity index (χ2v) is 10.3. The number of rotatable bonds is 8. The number of nitrogens with zero attached hydrogens (tertiary/aromatic N) is 2. The number of hydrogen-bond acceptors (Lipinski definition) is 6. The van der Waals surface area contributed by atoms with Gasteiger partial charge in [-0.15, -0.1) is 0 Å². The van der Waals surface area contributed by atoms with E-state index in [1.807, 2.05) is 72.8 Å².